The van der Waals surface area contributed by atoms with E-state index in [2.05, 4.69) is 36.4 Å². The first-order chi connectivity index (χ1) is 11.8. The summed E-state index contributed by atoms with van der Waals surface area (Å²) in [6.45, 7) is 1.13. The second-order valence-electron chi connectivity index (χ2n) is 5.93. The Bertz CT molecular complexity index is 921. The third-order valence-corrected chi connectivity index (χ3v) is 4.43. The first kappa shape index (κ1) is 14.6. The van der Waals surface area contributed by atoms with E-state index in [9.17, 15) is 5.26 Å². The molecule has 0 saturated carbocycles. The third kappa shape index (κ3) is 2.68. The highest BCUT2D eigenvalue weighted by Gasteiger charge is 2.18. The van der Waals surface area contributed by atoms with Crippen molar-refractivity contribution in [3.05, 3.63) is 71.8 Å². The Balaban J connectivity index is 1.68. The van der Waals surface area contributed by atoms with Crippen LogP contribution in [-0.2, 0) is 6.42 Å². The third-order valence-electron chi connectivity index (χ3n) is 4.43. The minimum Gasteiger partial charge on any atom is -0.486 e. The molecule has 3 aromatic rings. The smallest absolute Gasteiger partial charge is 0.161 e. The molecule has 0 aliphatic carbocycles. The zero-order chi connectivity index (χ0) is 16.4. The minimum absolute atomic E-state index is 0.216. The van der Waals surface area contributed by atoms with Gasteiger partial charge in [0.05, 0.1) is 12.0 Å². The Morgan fingerprint density at radius 1 is 0.917 bits per heavy atom. The molecule has 118 valence electrons. The number of nitriles is 1. The van der Waals surface area contributed by atoms with E-state index in [0.717, 1.165) is 17.1 Å². The summed E-state index contributed by atoms with van der Waals surface area (Å²) in [5.74, 6) is 1.27. The van der Waals surface area contributed by atoms with Crippen LogP contribution in [-0.4, -0.2) is 13.2 Å². The van der Waals surface area contributed by atoms with Crippen molar-refractivity contribution in [2.24, 2.45) is 0 Å². The van der Waals surface area contributed by atoms with Crippen LogP contribution in [0.2, 0.25) is 0 Å². The van der Waals surface area contributed by atoms with Crippen molar-refractivity contribution in [3.8, 4) is 17.6 Å². The van der Waals surface area contributed by atoms with Crippen molar-refractivity contribution < 1.29 is 9.47 Å². The quantitative estimate of drug-likeness (QED) is 0.716. The Kier molecular flexibility index (Phi) is 3.80. The van der Waals surface area contributed by atoms with Crippen LogP contribution in [0.4, 0.5) is 0 Å². The largest absolute Gasteiger partial charge is 0.486 e. The number of fused-ring (bicyclic) bond motifs is 2. The topological polar surface area (TPSA) is 42.2 Å². The first-order valence-electron chi connectivity index (χ1n) is 8.11. The van der Waals surface area contributed by atoms with Gasteiger partial charge in [-0.1, -0.05) is 48.5 Å². The first-order valence-corrected chi connectivity index (χ1v) is 8.11. The zero-order valence-electron chi connectivity index (χ0n) is 13.2. The molecule has 0 fully saturated rings. The van der Waals surface area contributed by atoms with E-state index in [1.807, 2.05) is 30.3 Å². The van der Waals surface area contributed by atoms with Crippen LogP contribution < -0.4 is 9.47 Å². The molecule has 0 radical (unpaired) electrons. The molecule has 0 aromatic heterocycles. The van der Waals surface area contributed by atoms with Crippen molar-refractivity contribution in [3.63, 3.8) is 0 Å². The van der Waals surface area contributed by atoms with E-state index >= 15 is 0 Å². The maximum Gasteiger partial charge on any atom is 0.161 e. The van der Waals surface area contributed by atoms with Gasteiger partial charge in [0.15, 0.2) is 11.5 Å². The molecule has 0 saturated heterocycles. The molecule has 1 heterocycles. The second-order valence-corrected chi connectivity index (χ2v) is 5.93. The number of hydrogen-bond donors (Lipinski definition) is 0. The normalized spacial score (nSPS) is 14.1. The fraction of sp³-hybridized carbons (Fsp3) is 0.190. The summed E-state index contributed by atoms with van der Waals surface area (Å²) in [4.78, 5) is 0. The van der Waals surface area contributed by atoms with Gasteiger partial charge in [0.1, 0.15) is 13.2 Å². The van der Waals surface area contributed by atoms with E-state index in [0.29, 0.717) is 19.6 Å². The van der Waals surface area contributed by atoms with Gasteiger partial charge in [-0.3, -0.25) is 0 Å². The number of hydrogen-bond acceptors (Lipinski definition) is 3. The number of rotatable bonds is 3. The predicted octanol–water partition coefficient (Wildman–Crippen LogP) is 4.46. The molecular weight excluding hydrogens is 298 g/mol. The summed E-state index contributed by atoms with van der Waals surface area (Å²) in [7, 11) is 0. The lowest BCUT2D eigenvalue weighted by atomic mass is 9.90. The SMILES string of the molecule is N#CC(Cc1cccc2ccccc12)c1ccc2c(c1)OCCO2. The Labute approximate surface area is 141 Å². The maximum atomic E-state index is 9.69. The highest BCUT2D eigenvalue weighted by atomic mass is 16.6. The fourth-order valence-electron chi connectivity index (χ4n) is 3.21. The van der Waals surface area contributed by atoms with Crippen LogP contribution in [0, 0.1) is 11.3 Å². The van der Waals surface area contributed by atoms with E-state index in [-0.39, 0.29) is 5.92 Å². The molecule has 1 unspecified atom stereocenters. The van der Waals surface area contributed by atoms with E-state index < -0.39 is 0 Å². The molecule has 3 nitrogen and oxygen atoms in total. The lowest BCUT2D eigenvalue weighted by molar-refractivity contribution is 0.171. The van der Waals surface area contributed by atoms with Gasteiger partial charge in [-0.2, -0.15) is 5.26 Å². The molecule has 1 atom stereocenters. The van der Waals surface area contributed by atoms with Gasteiger partial charge in [0, 0.05) is 0 Å². The Morgan fingerprint density at radius 2 is 1.71 bits per heavy atom. The zero-order valence-corrected chi connectivity index (χ0v) is 13.2. The van der Waals surface area contributed by atoms with Crippen LogP contribution in [0.15, 0.2) is 60.7 Å². The van der Waals surface area contributed by atoms with Crippen molar-refractivity contribution in [2.45, 2.75) is 12.3 Å². The molecule has 1 aliphatic rings. The van der Waals surface area contributed by atoms with Gasteiger partial charge >= 0.3 is 0 Å². The van der Waals surface area contributed by atoms with Gasteiger partial charge in [0.25, 0.3) is 0 Å². The number of benzene rings is 3. The van der Waals surface area contributed by atoms with Crippen LogP contribution in [0.3, 0.4) is 0 Å². The molecule has 3 aromatic carbocycles. The summed E-state index contributed by atoms with van der Waals surface area (Å²) >= 11 is 0. The highest BCUT2D eigenvalue weighted by molar-refractivity contribution is 5.85. The lowest BCUT2D eigenvalue weighted by Gasteiger charge is -2.20. The molecule has 4 rings (SSSR count). The summed E-state index contributed by atoms with van der Waals surface area (Å²) in [6, 6.07) is 22.8. The fourth-order valence-corrected chi connectivity index (χ4v) is 3.21. The molecule has 3 heteroatoms. The van der Waals surface area contributed by atoms with E-state index in [1.54, 1.807) is 0 Å². The molecular formula is C21H17NO2. The van der Waals surface area contributed by atoms with Crippen LogP contribution in [0.25, 0.3) is 10.8 Å². The monoisotopic (exact) mass is 315 g/mol. The Morgan fingerprint density at radius 3 is 2.58 bits per heavy atom. The number of nitrogens with zero attached hydrogens (tertiary/aromatic N) is 1. The Hall–Kier alpha value is -2.99. The van der Waals surface area contributed by atoms with Gasteiger partial charge in [-0.15, -0.1) is 0 Å². The van der Waals surface area contributed by atoms with Gasteiger partial charge in [-0.05, 0) is 40.5 Å². The van der Waals surface area contributed by atoms with Gasteiger partial charge < -0.3 is 9.47 Å². The summed E-state index contributed by atoms with van der Waals surface area (Å²) in [5, 5.41) is 12.1. The lowest BCUT2D eigenvalue weighted by Crippen LogP contribution is -2.15. The second kappa shape index (κ2) is 6.25. The van der Waals surface area contributed by atoms with E-state index in [1.165, 1.54) is 16.3 Å². The molecule has 24 heavy (non-hydrogen) atoms. The average molecular weight is 315 g/mol. The summed E-state index contributed by atoms with van der Waals surface area (Å²) < 4.78 is 11.2. The minimum atomic E-state index is -0.216. The van der Waals surface area contributed by atoms with Crippen molar-refractivity contribution in [1.29, 1.82) is 5.26 Å². The van der Waals surface area contributed by atoms with Crippen LogP contribution >= 0.6 is 0 Å². The van der Waals surface area contributed by atoms with Crippen LogP contribution in [0.5, 0.6) is 11.5 Å². The van der Waals surface area contributed by atoms with Gasteiger partial charge in [0.2, 0.25) is 0 Å². The number of ether oxygens (including phenoxy) is 2. The van der Waals surface area contributed by atoms with Crippen LogP contribution in [0.1, 0.15) is 17.0 Å². The van der Waals surface area contributed by atoms with Gasteiger partial charge in [-0.25, -0.2) is 0 Å². The standard InChI is InChI=1S/C21H17NO2/c22-14-18(16-8-9-20-21(13-16)24-11-10-23-20)12-17-6-3-5-15-4-1-2-7-19(15)17/h1-9,13,18H,10-12H2. The van der Waals surface area contributed by atoms with E-state index in [4.69, 9.17) is 9.47 Å². The molecule has 0 bridgehead atoms. The van der Waals surface area contributed by atoms with Crippen molar-refractivity contribution >= 4 is 10.8 Å². The molecule has 0 spiro atoms. The van der Waals surface area contributed by atoms with Crippen molar-refractivity contribution in [2.75, 3.05) is 13.2 Å². The summed E-state index contributed by atoms with van der Waals surface area (Å²) in [6.07, 6.45) is 0.678. The molecule has 1 aliphatic heterocycles. The van der Waals surface area contributed by atoms with Crippen molar-refractivity contribution in [1.82, 2.24) is 0 Å². The average Bonchev–Trinajstić information content (AvgIpc) is 2.66. The summed E-state index contributed by atoms with van der Waals surface area (Å²) in [5.41, 5.74) is 2.16. The highest BCUT2D eigenvalue weighted by Crippen LogP contribution is 2.34. The molecule has 0 N–H and O–H groups in total. The maximum absolute atomic E-state index is 9.69. The molecule has 0 amide bonds. The predicted molar refractivity (Wildman–Crippen MR) is 93.4 cm³/mol.